The van der Waals surface area contributed by atoms with Crippen LogP contribution in [0.3, 0.4) is 0 Å². The van der Waals surface area contributed by atoms with Gasteiger partial charge in [-0.05, 0) is 38.0 Å². The number of nitrogens with one attached hydrogen (secondary N) is 1. The highest BCUT2D eigenvalue weighted by Crippen LogP contribution is 2.23. The molecule has 0 saturated carbocycles. The molecule has 1 rings (SSSR count). The molecule has 0 spiro atoms. The maximum atomic E-state index is 11.9. The highest BCUT2D eigenvalue weighted by Gasteiger charge is 2.15. The molecule has 0 saturated heterocycles. The van der Waals surface area contributed by atoms with Crippen LogP contribution in [0.15, 0.2) is 29.2 Å². The number of carboxylic acid groups (broad SMARTS) is 1. The average molecular weight is 295 g/mol. The molecule has 0 radical (unpaired) electrons. The zero-order valence-electron chi connectivity index (χ0n) is 12.1. The highest BCUT2D eigenvalue weighted by atomic mass is 32.2. The fourth-order valence-corrected chi connectivity index (χ4v) is 2.46. The van der Waals surface area contributed by atoms with Crippen molar-refractivity contribution in [1.29, 1.82) is 0 Å². The van der Waals surface area contributed by atoms with Gasteiger partial charge in [-0.15, -0.1) is 11.8 Å². The Morgan fingerprint density at radius 1 is 1.25 bits per heavy atom. The molecule has 0 aliphatic carbocycles. The van der Waals surface area contributed by atoms with Crippen LogP contribution in [-0.4, -0.2) is 28.3 Å². The first-order valence-corrected chi connectivity index (χ1v) is 7.58. The summed E-state index contributed by atoms with van der Waals surface area (Å²) in [6, 6.07) is 7.47. The number of hydrogen-bond donors (Lipinski definition) is 2. The van der Waals surface area contributed by atoms with Gasteiger partial charge in [-0.1, -0.05) is 19.1 Å². The molecule has 2 unspecified atom stereocenters. The van der Waals surface area contributed by atoms with Gasteiger partial charge in [-0.3, -0.25) is 9.59 Å². The second-order valence-corrected chi connectivity index (χ2v) is 6.21. The van der Waals surface area contributed by atoms with E-state index in [1.165, 1.54) is 11.8 Å². The van der Waals surface area contributed by atoms with Crippen LogP contribution in [0.25, 0.3) is 0 Å². The Hall–Kier alpha value is -1.49. The summed E-state index contributed by atoms with van der Waals surface area (Å²) in [5.74, 6) is -0.814. The molecule has 0 aliphatic rings. The molecule has 0 bridgehead atoms. The van der Waals surface area contributed by atoms with E-state index < -0.39 is 5.97 Å². The minimum atomic E-state index is -0.841. The number of carbonyl (C=O) groups excluding carboxylic acids is 1. The molecular weight excluding hydrogens is 274 g/mol. The van der Waals surface area contributed by atoms with Gasteiger partial charge < -0.3 is 10.4 Å². The molecule has 4 nitrogen and oxygen atoms in total. The lowest BCUT2D eigenvalue weighted by molar-refractivity contribution is -0.136. The van der Waals surface area contributed by atoms with Crippen LogP contribution in [-0.2, 0) is 16.0 Å². The lowest BCUT2D eigenvalue weighted by Gasteiger charge is -2.16. The van der Waals surface area contributed by atoms with E-state index in [1.807, 2.05) is 32.9 Å². The number of rotatable bonds is 7. The van der Waals surface area contributed by atoms with Gasteiger partial charge in [0.1, 0.15) is 0 Å². The Balaban J connectivity index is 2.55. The van der Waals surface area contributed by atoms with Crippen LogP contribution in [0.1, 0.15) is 32.8 Å². The maximum Gasteiger partial charge on any atom is 0.307 e. The summed E-state index contributed by atoms with van der Waals surface area (Å²) in [5, 5.41) is 11.5. The molecule has 2 atom stereocenters. The number of benzene rings is 1. The normalized spacial score (nSPS) is 13.6. The summed E-state index contributed by atoms with van der Waals surface area (Å²) in [4.78, 5) is 23.5. The van der Waals surface area contributed by atoms with Gasteiger partial charge in [0, 0.05) is 10.9 Å². The third-order valence-corrected chi connectivity index (χ3v) is 4.07. The van der Waals surface area contributed by atoms with Crippen LogP contribution in [0.2, 0.25) is 0 Å². The van der Waals surface area contributed by atoms with E-state index in [4.69, 9.17) is 5.11 Å². The monoisotopic (exact) mass is 295 g/mol. The van der Waals surface area contributed by atoms with Crippen molar-refractivity contribution in [3.8, 4) is 0 Å². The minimum Gasteiger partial charge on any atom is -0.481 e. The average Bonchev–Trinajstić information content (AvgIpc) is 2.40. The van der Waals surface area contributed by atoms with Gasteiger partial charge in [-0.2, -0.15) is 0 Å². The summed E-state index contributed by atoms with van der Waals surface area (Å²) in [5.41, 5.74) is 0.763. The number of amides is 1. The van der Waals surface area contributed by atoms with Crippen molar-refractivity contribution >= 4 is 23.6 Å². The minimum absolute atomic E-state index is 0.0228. The Morgan fingerprint density at radius 3 is 2.35 bits per heavy atom. The van der Waals surface area contributed by atoms with Gasteiger partial charge >= 0.3 is 5.97 Å². The Bertz CT molecular complexity index is 459. The third kappa shape index (κ3) is 5.65. The molecule has 5 heteroatoms. The van der Waals surface area contributed by atoms with E-state index in [0.29, 0.717) is 0 Å². The van der Waals surface area contributed by atoms with Gasteiger partial charge in [0.15, 0.2) is 0 Å². The van der Waals surface area contributed by atoms with Crippen molar-refractivity contribution in [3.63, 3.8) is 0 Å². The summed E-state index contributed by atoms with van der Waals surface area (Å²) in [6.45, 7) is 5.88. The molecule has 0 fully saturated rings. The fourth-order valence-electron chi connectivity index (χ4n) is 1.58. The predicted octanol–water partition coefficient (Wildman–Crippen LogP) is 2.71. The van der Waals surface area contributed by atoms with E-state index in [-0.39, 0.29) is 23.6 Å². The summed E-state index contributed by atoms with van der Waals surface area (Å²) < 4.78 is 0. The first kappa shape index (κ1) is 16.6. The van der Waals surface area contributed by atoms with Crippen molar-refractivity contribution in [3.05, 3.63) is 29.8 Å². The Labute approximate surface area is 124 Å². The lowest BCUT2D eigenvalue weighted by Crippen LogP contribution is -2.37. The zero-order chi connectivity index (χ0) is 15.1. The van der Waals surface area contributed by atoms with Crippen molar-refractivity contribution in [2.75, 3.05) is 0 Å². The molecule has 2 N–H and O–H groups in total. The maximum absolute atomic E-state index is 11.9. The third-order valence-electron chi connectivity index (χ3n) is 2.96. The van der Waals surface area contributed by atoms with Crippen LogP contribution in [0.5, 0.6) is 0 Å². The van der Waals surface area contributed by atoms with Gasteiger partial charge in [0.05, 0.1) is 11.7 Å². The molecule has 1 aromatic rings. The van der Waals surface area contributed by atoms with Crippen molar-refractivity contribution in [1.82, 2.24) is 5.32 Å². The van der Waals surface area contributed by atoms with Gasteiger partial charge in [0.2, 0.25) is 5.91 Å². The largest absolute Gasteiger partial charge is 0.481 e. The molecular formula is C15H21NO3S. The molecule has 0 aromatic heterocycles. The fraction of sp³-hybridized carbons (Fsp3) is 0.467. The summed E-state index contributed by atoms with van der Waals surface area (Å²) in [6.07, 6.45) is 0.933. The van der Waals surface area contributed by atoms with E-state index in [2.05, 4.69) is 5.32 Å². The molecule has 0 heterocycles. The number of aliphatic carboxylic acids is 1. The van der Waals surface area contributed by atoms with Gasteiger partial charge in [-0.25, -0.2) is 0 Å². The standard InChI is InChI=1S/C15H21NO3S/c1-4-10(2)16-15(19)11(3)20-13-7-5-12(6-8-13)9-14(17)18/h5-8,10-11H,4,9H2,1-3H3,(H,16,19)(H,17,18). The summed E-state index contributed by atoms with van der Waals surface area (Å²) >= 11 is 1.47. The lowest BCUT2D eigenvalue weighted by atomic mass is 10.2. The second kappa shape index (κ2) is 7.94. The predicted molar refractivity (Wildman–Crippen MR) is 81.0 cm³/mol. The summed E-state index contributed by atoms with van der Waals surface area (Å²) in [7, 11) is 0. The number of thioether (sulfide) groups is 1. The zero-order valence-corrected chi connectivity index (χ0v) is 12.9. The van der Waals surface area contributed by atoms with Gasteiger partial charge in [0.25, 0.3) is 0 Å². The number of carbonyl (C=O) groups is 2. The Kier molecular flexibility index (Phi) is 6.58. The smallest absolute Gasteiger partial charge is 0.307 e. The number of hydrogen-bond acceptors (Lipinski definition) is 3. The van der Waals surface area contributed by atoms with E-state index in [9.17, 15) is 9.59 Å². The van der Waals surface area contributed by atoms with Crippen LogP contribution in [0.4, 0.5) is 0 Å². The molecule has 0 aliphatic heterocycles. The second-order valence-electron chi connectivity index (χ2n) is 4.79. The number of carboxylic acids is 1. The van der Waals surface area contributed by atoms with Crippen LogP contribution in [0, 0.1) is 0 Å². The van der Waals surface area contributed by atoms with Crippen molar-refractivity contribution in [2.24, 2.45) is 0 Å². The molecule has 1 amide bonds. The van der Waals surface area contributed by atoms with Crippen LogP contribution >= 0.6 is 11.8 Å². The molecule has 20 heavy (non-hydrogen) atoms. The quantitative estimate of drug-likeness (QED) is 0.759. The topological polar surface area (TPSA) is 66.4 Å². The first-order valence-electron chi connectivity index (χ1n) is 6.70. The Morgan fingerprint density at radius 2 is 1.85 bits per heavy atom. The van der Waals surface area contributed by atoms with Crippen LogP contribution < -0.4 is 5.32 Å². The highest BCUT2D eigenvalue weighted by molar-refractivity contribution is 8.00. The van der Waals surface area contributed by atoms with E-state index in [1.54, 1.807) is 12.1 Å². The molecule has 110 valence electrons. The van der Waals surface area contributed by atoms with E-state index in [0.717, 1.165) is 16.9 Å². The first-order chi connectivity index (χ1) is 9.42. The SMILES string of the molecule is CCC(C)NC(=O)C(C)Sc1ccc(CC(=O)O)cc1. The van der Waals surface area contributed by atoms with E-state index >= 15 is 0 Å². The van der Waals surface area contributed by atoms with Crippen molar-refractivity contribution in [2.45, 2.75) is 49.8 Å². The molecule has 1 aromatic carbocycles. The van der Waals surface area contributed by atoms with Crippen molar-refractivity contribution < 1.29 is 14.7 Å².